The number of aliphatic hydroxyl groups excluding tert-OH is 1. The van der Waals surface area contributed by atoms with E-state index < -0.39 is 23.8 Å². The van der Waals surface area contributed by atoms with Gasteiger partial charge in [-0.3, -0.25) is 14.4 Å². The van der Waals surface area contributed by atoms with Gasteiger partial charge in [-0.1, -0.05) is 63.5 Å². The van der Waals surface area contributed by atoms with Gasteiger partial charge in [0.05, 0.1) is 32.2 Å². The Labute approximate surface area is 310 Å². The maximum atomic E-state index is 13.2. The molecule has 4 N–H and O–H groups in total. The van der Waals surface area contributed by atoms with Crippen LogP contribution in [0.2, 0.25) is 0 Å². The number of hydrogen-bond donors (Lipinski definition) is 4. The maximum absolute atomic E-state index is 13.2. The van der Waals surface area contributed by atoms with Gasteiger partial charge in [0.15, 0.2) is 0 Å². The lowest BCUT2D eigenvalue weighted by Crippen LogP contribution is -2.48. The van der Waals surface area contributed by atoms with Crippen molar-refractivity contribution in [3.05, 3.63) is 132 Å². The van der Waals surface area contributed by atoms with E-state index in [1.54, 1.807) is 92.0 Å². The monoisotopic (exact) mass is 721 g/mol. The van der Waals surface area contributed by atoms with Crippen LogP contribution in [-0.2, 0) is 22.4 Å². The third-order valence-corrected chi connectivity index (χ3v) is 8.22. The van der Waals surface area contributed by atoms with Crippen molar-refractivity contribution in [3.63, 3.8) is 0 Å². The van der Waals surface area contributed by atoms with E-state index in [0.717, 1.165) is 18.4 Å². The second-order valence-corrected chi connectivity index (χ2v) is 12.5. The van der Waals surface area contributed by atoms with Gasteiger partial charge < -0.3 is 35.3 Å². The maximum Gasteiger partial charge on any atom is 0.343 e. The van der Waals surface area contributed by atoms with Crippen LogP contribution in [-0.4, -0.2) is 55.1 Å². The number of methoxy groups -OCH3 is 1. The average Bonchev–Trinajstić information content (AvgIpc) is 3.16. The molecule has 0 aliphatic heterocycles. The molecule has 0 fully saturated rings. The molecule has 0 bridgehead atoms. The highest BCUT2D eigenvalue weighted by atomic mass is 16.5. The third kappa shape index (κ3) is 13.5. The number of rotatable bonds is 20. The molecular formula is C42H47N3O8. The van der Waals surface area contributed by atoms with Crippen molar-refractivity contribution in [2.75, 3.05) is 25.6 Å². The normalized spacial score (nSPS) is 11.1. The van der Waals surface area contributed by atoms with Crippen molar-refractivity contribution < 1.29 is 38.5 Å². The number of carbonyl (C=O) groups is 4. The van der Waals surface area contributed by atoms with Crippen molar-refractivity contribution in [1.29, 1.82) is 0 Å². The second kappa shape index (κ2) is 20.7. The van der Waals surface area contributed by atoms with Gasteiger partial charge in [0.2, 0.25) is 11.8 Å². The van der Waals surface area contributed by atoms with Gasteiger partial charge in [0.25, 0.3) is 5.91 Å². The number of amides is 3. The third-order valence-electron chi connectivity index (χ3n) is 8.22. The highest BCUT2D eigenvalue weighted by Gasteiger charge is 2.22. The summed E-state index contributed by atoms with van der Waals surface area (Å²) in [7, 11) is 1.57. The van der Waals surface area contributed by atoms with E-state index in [4.69, 9.17) is 14.2 Å². The molecule has 0 saturated heterocycles. The fourth-order valence-electron chi connectivity index (χ4n) is 5.28. The molecular weight excluding hydrogens is 674 g/mol. The van der Waals surface area contributed by atoms with Gasteiger partial charge in [-0.15, -0.1) is 0 Å². The zero-order valence-corrected chi connectivity index (χ0v) is 30.2. The molecule has 3 amide bonds. The molecule has 4 rings (SSSR count). The Morgan fingerprint density at radius 2 is 1.34 bits per heavy atom. The second-order valence-electron chi connectivity index (χ2n) is 12.5. The Bertz CT molecular complexity index is 1810. The number of esters is 1. The standard InChI is InChI=1S/C42H47N3O8/c1-4-5-6-7-8-25-52-36-23-15-33(16-24-36)42(50)53-37-21-11-30(12-22-37)26-38(41(49)43-28-29(2)46)45-40(48)32-13-17-34(18-14-32)44-39(47)27-31-9-19-35(51-3)20-10-31/h9-24,38,46H,2,4-8,25-28H2,1,3H3,(H,43,49)(H,44,47)(H,45,48). The van der Waals surface area contributed by atoms with E-state index in [-0.39, 0.29) is 36.6 Å². The summed E-state index contributed by atoms with van der Waals surface area (Å²) in [4.78, 5) is 51.6. The molecule has 0 radical (unpaired) electrons. The topological polar surface area (TPSA) is 152 Å². The summed E-state index contributed by atoms with van der Waals surface area (Å²) < 4.78 is 16.5. The molecule has 0 heterocycles. The largest absolute Gasteiger partial charge is 0.511 e. The summed E-state index contributed by atoms with van der Waals surface area (Å²) in [6.45, 7) is 6.02. The Morgan fingerprint density at radius 1 is 0.736 bits per heavy atom. The molecule has 1 atom stereocenters. The summed E-state index contributed by atoms with van der Waals surface area (Å²) in [5.41, 5.74) is 2.65. The minimum Gasteiger partial charge on any atom is -0.511 e. The molecule has 11 nitrogen and oxygen atoms in total. The summed E-state index contributed by atoms with van der Waals surface area (Å²) in [5, 5.41) is 17.6. The first-order valence-electron chi connectivity index (χ1n) is 17.7. The summed E-state index contributed by atoms with van der Waals surface area (Å²) >= 11 is 0. The van der Waals surface area contributed by atoms with Crippen LogP contribution in [0.15, 0.2) is 109 Å². The Morgan fingerprint density at radius 3 is 1.98 bits per heavy atom. The van der Waals surface area contributed by atoms with Crippen LogP contribution in [0.4, 0.5) is 5.69 Å². The van der Waals surface area contributed by atoms with Crippen LogP contribution < -0.4 is 30.2 Å². The summed E-state index contributed by atoms with van der Waals surface area (Å²) in [6.07, 6.45) is 6.00. The van der Waals surface area contributed by atoms with Crippen LogP contribution in [0.5, 0.6) is 17.2 Å². The number of hydrogen-bond acceptors (Lipinski definition) is 8. The van der Waals surface area contributed by atoms with E-state index in [1.165, 1.54) is 19.3 Å². The molecule has 0 aromatic heterocycles. The lowest BCUT2D eigenvalue weighted by atomic mass is 10.0. The van der Waals surface area contributed by atoms with Crippen LogP contribution >= 0.6 is 0 Å². The highest BCUT2D eigenvalue weighted by Crippen LogP contribution is 2.19. The van der Waals surface area contributed by atoms with E-state index in [2.05, 4.69) is 29.5 Å². The van der Waals surface area contributed by atoms with E-state index >= 15 is 0 Å². The molecule has 4 aromatic rings. The number of carbonyl (C=O) groups excluding carboxylic acids is 4. The van der Waals surface area contributed by atoms with Gasteiger partial charge in [-0.2, -0.15) is 0 Å². The zero-order valence-electron chi connectivity index (χ0n) is 30.2. The molecule has 0 aliphatic carbocycles. The number of unbranched alkanes of at least 4 members (excludes halogenated alkanes) is 4. The fourth-order valence-corrected chi connectivity index (χ4v) is 5.28. The van der Waals surface area contributed by atoms with Gasteiger partial charge in [-0.25, -0.2) is 4.79 Å². The lowest BCUT2D eigenvalue weighted by Gasteiger charge is -2.19. The van der Waals surface area contributed by atoms with Crippen molar-refractivity contribution in [1.82, 2.24) is 10.6 Å². The van der Waals surface area contributed by atoms with E-state index in [9.17, 15) is 24.3 Å². The number of anilines is 1. The van der Waals surface area contributed by atoms with Gasteiger partial charge >= 0.3 is 5.97 Å². The Balaban J connectivity index is 1.31. The molecule has 0 saturated carbocycles. The number of aliphatic hydroxyl groups is 1. The first-order valence-corrected chi connectivity index (χ1v) is 17.7. The van der Waals surface area contributed by atoms with Crippen LogP contribution in [0, 0.1) is 0 Å². The minimum absolute atomic E-state index is 0.100. The van der Waals surface area contributed by atoms with Crippen LogP contribution in [0.25, 0.3) is 0 Å². The molecule has 278 valence electrons. The highest BCUT2D eigenvalue weighted by molar-refractivity contribution is 5.98. The van der Waals surface area contributed by atoms with Crippen molar-refractivity contribution in [3.8, 4) is 17.2 Å². The number of ether oxygens (including phenoxy) is 3. The number of benzene rings is 4. The Hall–Kier alpha value is -6.10. The summed E-state index contributed by atoms with van der Waals surface area (Å²) in [5.74, 6) is -0.335. The van der Waals surface area contributed by atoms with E-state index in [1.807, 2.05) is 12.1 Å². The van der Waals surface area contributed by atoms with Crippen molar-refractivity contribution in [2.45, 2.75) is 57.9 Å². The zero-order chi connectivity index (χ0) is 38.0. The molecule has 53 heavy (non-hydrogen) atoms. The van der Waals surface area contributed by atoms with Gasteiger partial charge in [0, 0.05) is 17.7 Å². The lowest BCUT2D eigenvalue weighted by molar-refractivity contribution is -0.123. The van der Waals surface area contributed by atoms with Crippen LogP contribution in [0.3, 0.4) is 0 Å². The van der Waals surface area contributed by atoms with Crippen LogP contribution in [0.1, 0.15) is 70.9 Å². The average molecular weight is 722 g/mol. The SMILES string of the molecule is C=C(O)CNC(=O)C(Cc1ccc(OC(=O)c2ccc(OCCCCCCC)cc2)cc1)NC(=O)c1ccc(NC(=O)Cc2ccc(OC)cc2)cc1. The molecule has 4 aromatic carbocycles. The molecule has 0 spiro atoms. The molecule has 0 aliphatic rings. The summed E-state index contributed by atoms with van der Waals surface area (Å²) in [6, 6.07) is 25.9. The number of nitrogens with one attached hydrogen (secondary N) is 3. The predicted molar refractivity (Wildman–Crippen MR) is 204 cm³/mol. The fraction of sp³-hybridized carbons (Fsp3) is 0.286. The molecule has 11 heteroatoms. The predicted octanol–water partition coefficient (Wildman–Crippen LogP) is 6.97. The smallest absolute Gasteiger partial charge is 0.343 e. The van der Waals surface area contributed by atoms with E-state index in [0.29, 0.717) is 40.7 Å². The first-order chi connectivity index (χ1) is 25.6. The van der Waals surface area contributed by atoms with Gasteiger partial charge in [0.1, 0.15) is 29.0 Å². The van der Waals surface area contributed by atoms with Crippen molar-refractivity contribution >= 4 is 29.4 Å². The minimum atomic E-state index is -1.02. The van der Waals surface area contributed by atoms with Gasteiger partial charge in [-0.05, 0) is 90.3 Å². The first kappa shape index (κ1) is 39.7. The Kier molecular flexibility index (Phi) is 15.5. The quantitative estimate of drug-likeness (QED) is 0.0331. The molecule has 1 unspecified atom stereocenters. The van der Waals surface area contributed by atoms with Crippen molar-refractivity contribution in [2.24, 2.45) is 0 Å².